The molecule has 0 spiro atoms. The predicted octanol–water partition coefficient (Wildman–Crippen LogP) is 3.77. The third-order valence-corrected chi connectivity index (χ3v) is 1.39. The van der Waals surface area contributed by atoms with Gasteiger partial charge in [-0.1, -0.05) is 19.9 Å². The lowest BCUT2D eigenvalue weighted by Crippen LogP contribution is -1.92. The van der Waals surface area contributed by atoms with Crippen LogP contribution in [0.3, 0.4) is 0 Å². The van der Waals surface area contributed by atoms with Crippen LogP contribution in [0.5, 0.6) is 0 Å². The molecule has 0 saturated heterocycles. The van der Waals surface area contributed by atoms with Crippen LogP contribution in [-0.4, -0.2) is 0 Å². The fourth-order valence-corrected chi connectivity index (χ4v) is 0.894. The Morgan fingerprint density at radius 3 is 2.15 bits per heavy atom. The molecule has 3 heteroatoms. The van der Waals surface area contributed by atoms with Crippen molar-refractivity contribution in [2.45, 2.75) is 27.4 Å². The zero-order valence-electron chi connectivity index (χ0n) is 8.00. The van der Waals surface area contributed by atoms with Gasteiger partial charge in [-0.25, -0.2) is 13.2 Å². The molecule has 0 atom stereocenters. The van der Waals surface area contributed by atoms with Gasteiger partial charge >= 0.3 is 0 Å². The van der Waals surface area contributed by atoms with Gasteiger partial charge in [-0.2, -0.15) is 0 Å². The highest BCUT2D eigenvalue weighted by molar-refractivity contribution is 5.24. The molecular formula is C10H13F3. The summed E-state index contributed by atoms with van der Waals surface area (Å²) in [6, 6.07) is 2.33. The van der Waals surface area contributed by atoms with Crippen molar-refractivity contribution < 1.29 is 13.2 Å². The zero-order valence-corrected chi connectivity index (χ0v) is 8.00. The first kappa shape index (κ1) is 12.0. The fourth-order valence-electron chi connectivity index (χ4n) is 0.894. The van der Waals surface area contributed by atoms with Crippen molar-refractivity contribution in [1.82, 2.24) is 0 Å². The summed E-state index contributed by atoms with van der Waals surface area (Å²) in [7, 11) is 0. The van der Waals surface area contributed by atoms with E-state index in [1.807, 2.05) is 13.8 Å². The van der Waals surface area contributed by atoms with Gasteiger partial charge in [0, 0.05) is 5.56 Å². The third kappa shape index (κ3) is 3.09. The van der Waals surface area contributed by atoms with Gasteiger partial charge in [0.15, 0.2) is 11.6 Å². The molecule has 0 amide bonds. The Kier molecular flexibility index (Phi) is 5.19. The number of rotatable bonds is 1. The molecule has 0 radical (unpaired) electrons. The van der Waals surface area contributed by atoms with Crippen LogP contribution in [0, 0.1) is 18.6 Å². The summed E-state index contributed by atoms with van der Waals surface area (Å²) >= 11 is 0. The normalized spacial score (nSPS) is 9.08. The van der Waals surface area contributed by atoms with E-state index < -0.39 is 18.3 Å². The van der Waals surface area contributed by atoms with Crippen LogP contribution in [0.4, 0.5) is 13.2 Å². The fraction of sp³-hybridized carbons (Fsp3) is 0.400. The summed E-state index contributed by atoms with van der Waals surface area (Å²) in [6.07, 6.45) is 0. The molecule has 0 fully saturated rings. The summed E-state index contributed by atoms with van der Waals surface area (Å²) in [6.45, 7) is 4.62. The lowest BCUT2D eigenvalue weighted by Gasteiger charge is -2.00. The second kappa shape index (κ2) is 5.62. The minimum atomic E-state index is -1.09. The summed E-state index contributed by atoms with van der Waals surface area (Å²) in [5.74, 6) is -2.07. The maximum absolute atomic E-state index is 12.6. The first-order valence-electron chi connectivity index (χ1n) is 4.15. The van der Waals surface area contributed by atoms with E-state index in [0.717, 1.165) is 6.07 Å². The van der Waals surface area contributed by atoms with Gasteiger partial charge in [-0.05, 0) is 18.6 Å². The minimum absolute atomic E-state index is 0.220. The molecule has 0 saturated carbocycles. The number of benzene rings is 1. The predicted molar refractivity (Wildman–Crippen MR) is 47.3 cm³/mol. The van der Waals surface area contributed by atoms with Crippen molar-refractivity contribution >= 4 is 0 Å². The van der Waals surface area contributed by atoms with Crippen LogP contribution in [0.1, 0.15) is 25.0 Å². The van der Waals surface area contributed by atoms with Crippen molar-refractivity contribution in [2.24, 2.45) is 0 Å². The van der Waals surface area contributed by atoms with Gasteiger partial charge in [-0.3, -0.25) is 0 Å². The van der Waals surface area contributed by atoms with Crippen LogP contribution < -0.4 is 0 Å². The molecule has 0 aliphatic heterocycles. The highest BCUT2D eigenvalue weighted by Crippen LogP contribution is 2.15. The van der Waals surface area contributed by atoms with Crippen LogP contribution >= 0.6 is 0 Å². The lowest BCUT2D eigenvalue weighted by atomic mass is 10.1. The van der Waals surface area contributed by atoms with Gasteiger partial charge in [0.25, 0.3) is 0 Å². The number of alkyl halides is 1. The Balaban J connectivity index is 0.000000671. The van der Waals surface area contributed by atoms with Crippen LogP contribution in [-0.2, 0) is 6.67 Å². The number of halogens is 3. The minimum Gasteiger partial charge on any atom is -0.246 e. The van der Waals surface area contributed by atoms with Crippen molar-refractivity contribution in [3.8, 4) is 0 Å². The van der Waals surface area contributed by atoms with E-state index >= 15 is 0 Å². The Hall–Kier alpha value is -0.990. The van der Waals surface area contributed by atoms with E-state index in [1.165, 1.54) is 6.07 Å². The number of hydrogen-bond donors (Lipinski definition) is 0. The third-order valence-electron chi connectivity index (χ3n) is 1.39. The molecule has 0 heterocycles. The zero-order chi connectivity index (χ0) is 10.4. The number of aryl methyl sites for hydroxylation is 1. The van der Waals surface area contributed by atoms with Crippen molar-refractivity contribution in [1.29, 1.82) is 0 Å². The molecular weight excluding hydrogens is 177 g/mol. The first-order chi connectivity index (χ1) is 6.15. The molecule has 0 unspecified atom stereocenters. The molecule has 0 nitrogen and oxygen atoms in total. The van der Waals surface area contributed by atoms with Gasteiger partial charge in [0.05, 0.1) is 0 Å². The molecule has 0 aromatic heterocycles. The average Bonchev–Trinajstić information content (AvgIpc) is 2.14. The number of hydrogen-bond acceptors (Lipinski definition) is 0. The monoisotopic (exact) mass is 190 g/mol. The molecule has 1 rings (SSSR count). The Morgan fingerprint density at radius 1 is 1.15 bits per heavy atom. The highest BCUT2D eigenvalue weighted by atomic mass is 19.2. The Labute approximate surface area is 76.4 Å². The van der Waals surface area contributed by atoms with E-state index in [4.69, 9.17) is 0 Å². The molecule has 13 heavy (non-hydrogen) atoms. The molecule has 0 aliphatic carbocycles. The van der Waals surface area contributed by atoms with Crippen molar-refractivity contribution in [3.05, 3.63) is 34.9 Å². The SMILES string of the molecule is CC.Cc1cc(F)c(F)c(CF)c1. The molecule has 1 aromatic rings. The molecule has 0 N–H and O–H groups in total. The largest absolute Gasteiger partial charge is 0.246 e. The molecule has 0 aliphatic rings. The van der Waals surface area contributed by atoms with E-state index in [9.17, 15) is 13.2 Å². The van der Waals surface area contributed by atoms with Gasteiger partial charge in [-0.15, -0.1) is 0 Å². The standard InChI is InChI=1S/C8H7F3.C2H6/c1-5-2-6(4-9)8(11)7(10)3-5;1-2/h2-3H,4H2,1H3;1-2H3. The van der Waals surface area contributed by atoms with Crippen molar-refractivity contribution in [2.75, 3.05) is 0 Å². The topological polar surface area (TPSA) is 0 Å². The summed E-state index contributed by atoms with van der Waals surface area (Å²) in [4.78, 5) is 0. The second-order valence-corrected chi connectivity index (χ2v) is 2.35. The summed E-state index contributed by atoms with van der Waals surface area (Å²) < 4.78 is 37.0. The smallest absolute Gasteiger partial charge is 0.164 e. The van der Waals surface area contributed by atoms with Crippen LogP contribution in [0.2, 0.25) is 0 Å². The van der Waals surface area contributed by atoms with E-state index in [2.05, 4.69) is 0 Å². The molecule has 74 valence electrons. The summed E-state index contributed by atoms with van der Waals surface area (Å²) in [5, 5.41) is 0. The lowest BCUT2D eigenvalue weighted by molar-refractivity contribution is 0.440. The Morgan fingerprint density at radius 2 is 1.69 bits per heavy atom. The molecule has 0 bridgehead atoms. The first-order valence-corrected chi connectivity index (χ1v) is 4.15. The van der Waals surface area contributed by atoms with Crippen LogP contribution in [0.15, 0.2) is 12.1 Å². The summed E-state index contributed by atoms with van der Waals surface area (Å²) in [5.41, 5.74) is 0.305. The van der Waals surface area contributed by atoms with Crippen molar-refractivity contribution in [3.63, 3.8) is 0 Å². The quantitative estimate of drug-likeness (QED) is 0.632. The molecule has 1 aromatic carbocycles. The second-order valence-electron chi connectivity index (χ2n) is 2.35. The average molecular weight is 190 g/mol. The maximum atomic E-state index is 12.6. The van der Waals surface area contributed by atoms with Gasteiger partial charge in [0.1, 0.15) is 6.67 Å². The van der Waals surface area contributed by atoms with Gasteiger partial charge < -0.3 is 0 Å². The van der Waals surface area contributed by atoms with Gasteiger partial charge in [0.2, 0.25) is 0 Å². The van der Waals surface area contributed by atoms with E-state index in [-0.39, 0.29) is 5.56 Å². The van der Waals surface area contributed by atoms with E-state index in [1.54, 1.807) is 6.92 Å². The van der Waals surface area contributed by atoms with Crippen LogP contribution in [0.25, 0.3) is 0 Å². The Bertz CT molecular complexity index is 269. The van der Waals surface area contributed by atoms with E-state index in [0.29, 0.717) is 5.56 Å². The maximum Gasteiger partial charge on any atom is 0.164 e. The highest BCUT2D eigenvalue weighted by Gasteiger charge is 2.07.